The number of hydrogen-bond donors (Lipinski definition) is 0. The summed E-state index contributed by atoms with van der Waals surface area (Å²) in [5.41, 5.74) is 1.52. The van der Waals surface area contributed by atoms with Crippen LogP contribution in [0.3, 0.4) is 0 Å². The highest BCUT2D eigenvalue weighted by Crippen LogP contribution is 2.27. The van der Waals surface area contributed by atoms with Gasteiger partial charge in [-0.25, -0.2) is 0 Å². The normalized spacial score (nSPS) is 10.6. The maximum Gasteiger partial charge on any atom is 0.313 e. The number of aryl methyl sites for hydroxylation is 1. The molecule has 94 valence electrons. The van der Waals surface area contributed by atoms with Crippen LogP contribution < -0.4 is 0 Å². The summed E-state index contributed by atoms with van der Waals surface area (Å²) < 4.78 is 10.0. The molecule has 2 aromatic rings. The molecule has 0 saturated carbocycles. The first-order valence-corrected chi connectivity index (χ1v) is 5.77. The summed E-state index contributed by atoms with van der Waals surface area (Å²) in [4.78, 5) is 23.1. The van der Waals surface area contributed by atoms with Crippen molar-refractivity contribution in [1.29, 1.82) is 0 Å². The van der Waals surface area contributed by atoms with Gasteiger partial charge in [0.05, 0.1) is 7.11 Å². The number of carbonyl (C=O) groups is 2. The Balaban J connectivity index is 2.44. The zero-order valence-electron chi connectivity index (χ0n) is 10.4. The Bertz CT molecular complexity index is 595. The van der Waals surface area contributed by atoms with Crippen molar-refractivity contribution in [3.05, 3.63) is 35.6 Å². The van der Waals surface area contributed by atoms with Crippen molar-refractivity contribution in [2.45, 2.75) is 19.8 Å². The molecule has 18 heavy (non-hydrogen) atoms. The average molecular weight is 246 g/mol. The van der Waals surface area contributed by atoms with E-state index in [1.807, 2.05) is 31.2 Å². The lowest BCUT2D eigenvalue weighted by atomic mass is 10.1. The Labute approximate surface area is 105 Å². The standard InChI is InChI=1S/C14H14O4/c1-3-9-10-6-4-5-7-12(10)18-14(9)11(15)8-13(16)17-2/h4-7H,3,8H2,1-2H3. The summed E-state index contributed by atoms with van der Waals surface area (Å²) in [5, 5.41) is 0.924. The van der Waals surface area contributed by atoms with Crippen LogP contribution in [0.2, 0.25) is 0 Å². The number of ether oxygens (including phenoxy) is 1. The van der Waals surface area contributed by atoms with Crippen molar-refractivity contribution in [3.63, 3.8) is 0 Å². The lowest BCUT2D eigenvalue weighted by Crippen LogP contribution is -2.10. The molecular weight excluding hydrogens is 232 g/mol. The fourth-order valence-corrected chi connectivity index (χ4v) is 1.96. The summed E-state index contributed by atoms with van der Waals surface area (Å²) in [6.45, 7) is 1.95. The predicted octanol–water partition coefficient (Wildman–Crippen LogP) is 2.74. The number of furan rings is 1. The minimum atomic E-state index is -0.553. The van der Waals surface area contributed by atoms with Gasteiger partial charge in [0.15, 0.2) is 5.76 Å². The van der Waals surface area contributed by atoms with Gasteiger partial charge in [-0.1, -0.05) is 25.1 Å². The van der Waals surface area contributed by atoms with Gasteiger partial charge in [-0.15, -0.1) is 0 Å². The molecule has 1 heterocycles. The summed E-state index contributed by atoms with van der Waals surface area (Å²) in [6.07, 6.45) is 0.391. The van der Waals surface area contributed by atoms with Gasteiger partial charge in [0, 0.05) is 10.9 Å². The topological polar surface area (TPSA) is 56.5 Å². The molecule has 4 nitrogen and oxygen atoms in total. The molecule has 0 radical (unpaired) electrons. The van der Waals surface area contributed by atoms with Crippen molar-refractivity contribution >= 4 is 22.7 Å². The van der Waals surface area contributed by atoms with Crippen LogP contribution in [0.5, 0.6) is 0 Å². The summed E-state index contributed by atoms with van der Waals surface area (Å²) in [6, 6.07) is 7.46. The van der Waals surface area contributed by atoms with Gasteiger partial charge in [-0.2, -0.15) is 0 Å². The fourth-order valence-electron chi connectivity index (χ4n) is 1.96. The molecule has 2 rings (SSSR count). The molecule has 0 aliphatic heterocycles. The van der Waals surface area contributed by atoms with E-state index in [4.69, 9.17) is 4.42 Å². The van der Waals surface area contributed by atoms with E-state index in [9.17, 15) is 9.59 Å². The molecule has 4 heteroatoms. The van der Waals surface area contributed by atoms with Crippen LogP contribution in [-0.2, 0) is 16.0 Å². The van der Waals surface area contributed by atoms with Crippen LogP contribution in [0.15, 0.2) is 28.7 Å². The lowest BCUT2D eigenvalue weighted by Gasteiger charge is -1.99. The van der Waals surface area contributed by atoms with Crippen molar-refractivity contribution in [2.75, 3.05) is 7.11 Å². The highest BCUT2D eigenvalue weighted by atomic mass is 16.5. The first-order valence-electron chi connectivity index (χ1n) is 5.77. The smallest absolute Gasteiger partial charge is 0.313 e. The van der Waals surface area contributed by atoms with E-state index in [1.54, 1.807) is 0 Å². The first-order chi connectivity index (χ1) is 8.67. The van der Waals surface area contributed by atoms with Crippen molar-refractivity contribution in [1.82, 2.24) is 0 Å². The molecule has 0 unspecified atom stereocenters. The number of carbonyl (C=O) groups excluding carboxylic acids is 2. The van der Waals surface area contributed by atoms with Gasteiger partial charge in [0.25, 0.3) is 0 Å². The van der Waals surface area contributed by atoms with E-state index in [-0.39, 0.29) is 18.0 Å². The van der Waals surface area contributed by atoms with E-state index in [0.717, 1.165) is 10.9 Å². The third kappa shape index (κ3) is 2.14. The number of methoxy groups -OCH3 is 1. The highest BCUT2D eigenvalue weighted by Gasteiger charge is 2.21. The number of benzene rings is 1. The van der Waals surface area contributed by atoms with Gasteiger partial charge >= 0.3 is 5.97 Å². The van der Waals surface area contributed by atoms with Gasteiger partial charge in [0.2, 0.25) is 5.78 Å². The van der Waals surface area contributed by atoms with Crippen LogP contribution in [0.4, 0.5) is 0 Å². The van der Waals surface area contributed by atoms with E-state index >= 15 is 0 Å². The Morgan fingerprint density at radius 3 is 2.67 bits per heavy atom. The fraction of sp³-hybridized carbons (Fsp3) is 0.286. The molecule has 0 saturated heterocycles. The van der Waals surface area contributed by atoms with Crippen LogP contribution >= 0.6 is 0 Å². The molecular formula is C14H14O4. The Morgan fingerprint density at radius 1 is 1.28 bits per heavy atom. The highest BCUT2D eigenvalue weighted by molar-refractivity contribution is 6.07. The van der Waals surface area contributed by atoms with Gasteiger partial charge in [-0.05, 0) is 12.5 Å². The molecule has 0 amide bonds. The predicted molar refractivity (Wildman–Crippen MR) is 66.6 cm³/mol. The van der Waals surface area contributed by atoms with E-state index in [1.165, 1.54) is 7.11 Å². The van der Waals surface area contributed by atoms with Gasteiger partial charge in [-0.3, -0.25) is 9.59 Å². The maximum absolute atomic E-state index is 12.0. The molecule has 1 aromatic heterocycles. The molecule has 0 aliphatic carbocycles. The molecule has 0 spiro atoms. The molecule has 0 fully saturated rings. The van der Waals surface area contributed by atoms with Crippen LogP contribution in [0.25, 0.3) is 11.0 Å². The Morgan fingerprint density at radius 2 is 2.00 bits per heavy atom. The number of fused-ring (bicyclic) bond motifs is 1. The number of hydrogen-bond acceptors (Lipinski definition) is 4. The summed E-state index contributed by atoms with van der Waals surface area (Å²) >= 11 is 0. The Kier molecular flexibility index (Phi) is 3.46. The van der Waals surface area contributed by atoms with E-state index in [2.05, 4.69) is 4.74 Å². The van der Waals surface area contributed by atoms with Crippen molar-refractivity contribution in [2.24, 2.45) is 0 Å². The number of esters is 1. The molecule has 0 atom stereocenters. The number of Topliss-reactive ketones (excluding diaryl/α,β-unsaturated/α-hetero) is 1. The second-order valence-corrected chi connectivity index (χ2v) is 3.94. The number of rotatable bonds is 4. The lowest BCUT2D eigenvalue weighted by molar-refractivity contribution is -0.139. The Hall–Kier alpha value is -2.10. The van der Waals surface area contributed by atoms with Crippen molar-refractivity contribution < 1.29 is 18.7 Å². The van der Waals surface area contributed by atoms with Crippen LogP contribution in [-0.4, -0.2) is 18.9 Å². The van der Waals surface area contributed by atoms with Gasteiger partial charge in [0.1, 0.15) is 12.0 Å². The van der Waals surface area contributed by atoms with Crippen LogP contribution in [0.1, 0.15) is 29.5 Å². The SMILES string of the molecule is CCc1c(C(=O)CC(=O)OC)oc2ccccc12. The van der Waals surface area contributed by atoms with Gasteiger partial charge < -0.3 is 9.15 Å². The largest absolute Gasteiger partial charge is 0.469 e. The zero-order valence-corrected chi connectivity index (χ0v) is 10.4. The third-order valence-electron chi connectivity index (χ3n) is 2.84. The number of ketones is 1. The molecule has 1 aromatic carbocycles. The van der Waals surface area contributed by atoms with Crippen LogP contribution in [0, 0.1) is 0 Å². The summed E-state index contributed by atoms with van der Waals surface area (Å²) in [7, 11) is 1.26. The quantitative estimate of drug-likeness (QED) is 0.473. The first kappa shape index (κ1) is 12.4. The van der Waals surface area contributed by atoms with Crippen molar-refractivity contribution in [3.8, 4) is 0 Å². The molecule has 0 bridgehead atoms. The maximum atomic E-state index is 12.0. The zero-order chi connectivity index (χ0) is 13.1. The monoisotopic (exact) mass is 246 g/mol. The molecule has 0 N–H and O–H groups in total. The molecule has 0 aliphatic rings. The summed E-state index contributed by atoms with van der Waals surface area (Å²) in [5.74, 6) is -0.624. The average Bonchev–Trinajstić information content (AvgIpc) is 2.77. The van der Waals surface area contributed by atoms with E-state index in [0.29, 0.717) is 12.0 Å². The minimum absolute atomic E-state index is 0.268. The second kappa shape index (κ2) is 5.04. The third-order valence-corrected chi connectivity index (χ3v) is 2.84. The minimum Gasteiger partial charge on any atom is -0.469 e. The number of para-hydroxylation sites is 1. The van der Waals surface area contributed by atoms with E-state index < -0.39 is 5.97 Å². The second-order valence-electron chi connectivity index (χ2n) is 3.94.